The first-order valence-corrected chi connectivity index (χ1v) is 8.04. The van der Waals surface area contributed by atoms with E-state index in [0.717, 1.165) is 40.9 Å². The minimum absolute atomic E-state index is 0.398. The molecule has 1 aliphatic heterocycles. The summed E-state index contributed by atoms with van der Waals surface area (Å²) < 4.78 is 5.44. The fourth-order valence-corrected chi connectivity index (χ4v) is 3.32. The Balaban J connectivity index is 1.67. The molecule has 4 rings (SSSR count). The van der Waals surface area contributed by atoms with Crippen LogP contribution in [0.5, 0.6) is 5.75 Å². The molecule has 4 nitrogen and oxygen atoms in total. The zero-order valence-corrected chi connectivity index (χ0v) is 13.5. The number of nitrogens with one attached hydrogen (secondary N) is 2. The van der Waals surface area contributed by atoms with Gasteiger partial charge >= 0.3 is 0 Å². The molecule has 0 saturated heterocycles. The van der Waals surface area contributed by atoms with Gasteiger partial charge in [0, 0.05) is 28.7 Å². The van der Waals surface area contributed by atoms with Crippen LogP contribution in [-0.2, 0) is 6.42 Å². The molecule has 0 spiro atoms. The summed E-state index contributed by atoms with van der Waals surface area (Å²) in [6, 6.07) is 20.3. The lowest BCUT2D eigenvalue weighted by atomic mass is 10.1. The SMILES string of the molecule is COc1ccc(NC(=N)N2CCc3ccccc32)c2ccccc12. The quantitative estimate of drug-likeness (QED) is 0.548. The van der Waals surface area contributed by atoms with Crippen molar-refractivity contribution in [2.24, 2.45) is 0 Å². The van der Waals surface area contributed by atoms with Gasteiger partial charge in [0.25, 0.3) is 0 Å². The van der Waals surface area contributed by atoms with E-state index in [9.17, 15) is 0 Å². The molecule has 0 fully saturated rings. The Morgan fingerprint density at radius 2 is 1.75 bits per heavy atom. The van der Waals surface area contributed by atoms with Gasteiger partial charge in [0.1, 0.15) is 5.75 Å². The maximum Gasteiger partial charge on any atom is 0.200 e. The van der Waals surface area contributed by atoms with E-state index in [0.29, 0.717) is 5.96 Å². The first-order chi connectivity index (χ1) is 11.8. The average molecular weight is 317 g/mol. The Morgan fingerprint density at radius 3 is 2.58 bits per heavy atom. The minimum atomic E-state index is 0.398. The van der Waals surface area contributed by atoms with Crippen LogP contribution in [-0.4, -0.2) is 19.6 Å². The summed E-state index contributed by atoms with van der Waals surface area (Å²) in [5.41, 5.74) is 3.33. The van der Waals surface area contributed by atoms with Crippen molar-refractivity contribution in [1.29, 1.82) is 5.41 Å². The van der Waals surface area contributed by atoms with Crippen molar-refractivity contribution in [2.45, 2.75) is 6.42 Å². The van der Waals surface area contributed by atoms with Gasteiger partial charge in [-0.2, -0.15) is 0 Å². The Labute approximate surface area is 141 Å². The zero-order valence-electron chi connectivity index (χ0n) is 13.5. The summed E-state index contributed by atoms with van der Waals surface area (Å²) in [5.74, 6) is 1.24. The number of fused-ring (bicyclic) bond motifs is 2. The third kappa shape index (κ3) is 2.36. The summed E-state index contributed by atoms with van der Waals surface area (Å²) in [4.78, 5) is 2.02. The smallest absolute Gasteiger partial charge is 0.200 e. The molecule has 0 aromatic heterocycles. The summed E-state index contributed by atoms with van der Waals surface area (Å²) >= 11 is 0. The van der Waals surface area contributed by atoms with Crippen molar-refractivity contribution in [3.8, 4) is 5.75 Å². The van der Waals surface area contributed by atoms with E-state index in [1.807, 2.05) is 47.4 Å². The molecule has 0 saturated carbocycles. The summed E-state index contributed by atoms with van der Waals surface area (Å²) in [7, 11) is 1.68. The number of hydrogen-bond acceptors (Lipinski definition) is 2. The predicted octanol–water partition coefficient (Wildman–Crippen LogP) is 4.26. The molecule has 0 bridgehead atoms. The molecule has 24 heavy (non-hydrogen) atoms. The second kappa shape index (κ2) is 5.89. The Morgan fingerprint density at radius 1 is 1.00 bits per heavy atom. The van der Waals surface area contributed by atoms with Crippen LogP contribution < -0.4 is 15.0 Å². The Bertz CT molecular complexity index is 920. The van der Waals surface area contributed by atoms with E-state index >= 15 is 0 Å². The van der Waals surface area contributed by atoms with Crippen LogP contribution in [0.3, 0.4) is 0 Å². The number of benzene rings is 3. The normalized spacial score (nSPS) is 13.0. The minimum Gasteiger partial charge on any atom is -0.496 e. The molecule has 3 aromatic rings. The second-order valence-electron chi connectivity index (χ2n) is 5.86. The van der Waals surface area contributed by atoms with Gasteiger partial charge in [-0.25, -0.2) is 0 Å². The van der Waals surface area contributed by atoms with E-state index in [-0.39, 0.29) is 0 Å². The van der Waals surface area contributed by atoms with Crippen LogP contribution in [0.25, 0.3) is 10.8 Å². The number of methoxy groups -OCH3 is 1. The van der Waals surface area contributed by atoms with E-state index < -0.39 is 0 Å². The highest BCUT2D eigenvalue weighted by Gasteiger charge is 2.22. The molecule has 1 aliphatic rings. The van der Waals surface area contributed by atoms with Crippen LogP contribution in [0, 0.1) is 5.41 Å². The van der Waals surface area contributed by atoms with E-state index in [1.54, 1.807) is 7.11 Å². The number of guanidine groups is 1. The lowest BCUT2D eigenvalue weighted by molar-refractivity contribution is 0.420. The number of rotatable bonds is 2. The highest BCUT2D eigenvalue weighted by molar-refractivity contribution is 6.10. The summed E-state index contributed by atoms with van der Waals surface area (Å²) in [6.07, 6.45) is 0.976. The maximum absolute atomic E-state index is 8.51. The molecular weight excluding hydrogens is 298 g/mol. The highest BCUT2D eigenvalue weighted by atomic mass is 16.5. The Kier molecular flexibility index (Phi) is 3.58. The average Bonchev–Trinajstić information content (AvgIpc) is 3.06. The molecule has 3 aromatic carbocycles. The van der Waals surface area contributed by atoms with Crippen LogP contribution in [0.1, 0.15) is 5.56 Å². The topological polar surface area (TPSA) is 48.4 Å². The van der Waals surface area contributed by atoms with Gasteiger partial charge in [-0.15, -0.1) is 0 Å². The van der Waals surface area contributed by atoms with Gasteiger partial charge < -0.3 is 15.0 Å². The van der Waals surface area contributed by atoms with E-state index in [4.69, 9.17) is 10.1 Å². The zero-order chi connectivity index (χ0) is 16.5. The van der Waals surface area contributed by atoms with Crippen molar-refractivity contribution < 1.29 is 4.74 Å². The first-order valence-electron chi connectivity index (χ1n) is 8.04. The molecule has 0 atom stereocenters. The van der Waals surface area contributed by atoms with Gasteiger partial charge in [-0.1, -0.05) is 42.5 Å². The third-order valence-electron chi connectivity index (χ3n) is 4.51. The largest absolute Gasteiger partial charge is 0.496 e. The van der Waals surface area contributed by atoms with E-state index in [2.05, 4.69) is 23.5 Å². The molecular formula is C20H19N3O. The molecule has 120 valence electrons. The fraction of sp³-hybridized carbons (Fsp3) is 0.150. The van der Waals surface area contributed by atoms with Crippen LogP contribution >= 0.6 is 0 Å². The first kappa shape index (κ1) is 14.6. The predicted molar refractivity (Wildman–Crippen MR) is 99.3 cm³/mol. The molecule has 4 heteroatoms. The van der Waals surface area contributed by atoms with Crippen molar-refractivity contribution in [1.82, 2.24) is 0 Å². The molecule has 0 radical (unpaired) electrons. The molecule has 0 aliphatic carbocycles. The molecule has 1 heterocycles. The number of nitrogens with zero attached hydrogens (tertiary/aromatic N) is 1. The number of anilines is 2. The van der Waals surface area contributed by atoms with E-state index in [1.165, 1.54) is 5.56 Å². The van der Waals surface area contributed by atoms with Crippen LogP contribution in [0.15, 0.2) is 60.7 Å². The summed E-state index contributed by atoms with van der Waals surface area (Å²) in [6.45, 7) is 0.833. The lowest BCUT2D eigenvalue weighted by Crippen LogP contribution is -2.34. The fourth-order valence-electron chi connectivity index (χ4n) is 3.32. The van der Waals surface area contributed by atoms with Gasteiger partial charge in [-0.3, -0.25) is 5.41 Å². The van der Waals surface area contributed by atoms with Crippen molar-refractivity contribution in [2.75, 3.05) is 23.9 Å². The van der Waals surface area contributed by atoms with Crippen molar-refractivity contribution in [3.05, 3.63) is 66.2 Å². The Hall–Kier alpha value is -3.01. The standard InChI is InChI=1S/C20H19N3O/c1-24-19-11-10-17(15-7-3-4-8-16(15)19)22-20(21)23-13-12-14-6-2-5-9-18(14)23/h2-11H,12-13H2,1H3,(H2,21,22). The van der Waals surface area contributed by atoms with Crippen LogP contribution in [0.4, 0.5) is 11.4 Å². The third-order valence-corrected chi connectivity index (χ3v) is 4.51. The maximum atomic E-state index is 8.51. The van der Waals surface area contributed by atoms with Gasteiger partial charge in [-0.05, 0) is 30.2 Å². The molecule has 0 amide bonds. The number of hydrogen-bond donors (Lipinski definition) is 2. The van der Waals surface area contributed by atoms with Crippen molar-refractivity contribution in [3.63, 3.8) is 0 Å². The molecule has 2 N–H and O–H groups in total. The summed E-state index contributed by atoms with van der Waals surface area (Å²) in [5, 5.41) is 13.9. The lowest BCUT2D eigenvalue weighted by Gasteiger charge is -2.22. The van der Waals surface area contributed by atoms with Crippen molar-refractivity contribution >= 4 is 28.1 Å². The number of para-hydroxylation sites is 1. The number of ether oxygens (including phenoxy) is 1. The van der Waals surface area contributed by atoms with Gasteiger partial charge in [0.2, 0.25) is 0 Å². The van der Waals surface area contributed by atoms with Crippen LogP contribution in [0.2, 0.25) is 0 Å². The molecule has 0 unspecified atom stereocenters. The monoisotopic (exact) mass is 317 g/mol. The van der Waals surface area contributed by atoms with Gasteiger partial charge in [0.15, 0.2) is 5.96 Å². The highest BCUT2D eigenvalue weighted by Crippen LogP contribution is 2.32. The van der Waals surface area contributed by atoms with Gasteiger partial charge in [0.05, 0.1) is 7.11 Å². The second-order valence-corrected chi connectivity index (χ2v) is 5.86.